The second-order valence-electron chi connectivity index (χ2n) is 5.22. The van der Waals surface area contributed by atoms with Crippen molar-refractivity contribution in [2.75, 3.05) is 0 Å². The Balaban J connectivity index is 2.15. The molecule has 0 saturated heterocycles. The summed E-state index contributed by atoms with van der Waals surface area (Å²) in [4.78, 5) is 12.2. The Morgan fingerprint density at radius 1 is 1.16 bits per heavy atom. The van der Waals surface area contributed by atoms with Crippen molar-refractivity contribution in [2.45, 2.75) is 24.5 Å². The monoisotopic (exact) mass is 370 g/mol. The van der Waals surface area contributed by atoms with Gasteiger partial charge in [0, 0.05) is 5.56 Å². The maximum absolute atomic E-state index is 12.3. The lowest BCUT2D eigenvalue weighted by Gasteiger charge is -2.15. The summed E-state index contributed by atoms with van der Waals surface area (Å²) in [5, 5.41) is 7.74. The zero-order chi connectivity index (χ0) is 18.6. The average Bonchev–Trinajstić information content (AvgIpc) is 2.53. The fourth-order valence-electron chi connectivity index (χ4n) is 2.14. The van der Waals surface area contributed by atoms with Gasteiger partial charge in [0.2, 0.25) is 10.0 Å². The van der Waals surface area contributed by atoms with Crippen LogP contribution in [-0.2, 0) is 10.0 Å². The molecule has 0 aromatic heterocycles. The smallest absolute Gasteiger partial charge is 0.387 e. The summed E-state index contributed by atoms with van der Waals surface area (Å²) in [6, 6.07) is 10.7. The van der Waals surface area contributed by atoms with Gasteiger partial charge in [0.15, 0.2) is 0 Å². The topological polar surface area (TPSA) is 98.5 Å². The Labute approximate surface area is 143 Å². The number of alkyl halides is 2. The number of carbonyl (C=O) groups excluding carboxylic acids is 1. The first kappa shape index (κ1) is 18.8. The highest BCUT2D eigenvalue weighted by molar-refractivity contribution is 7.89. The van der Waals surface area contributed by atoms with Gasteiger partial charge in [0.05, 0.1) is 10.9 Å². The summed E-state index contributed by atoms with van der Waals surface area (Å²) in [6.45, 7) is -1.34. The van der Waals surface area contributed by atoms with Crippen LogP contribution < -0.4 is 15.2 Å². The van der Waals surface area contributed by atoms with E-state index in [1.54, 1.807) is 13.0 Å². The lowest BCUT2D eigenvalue weighted by Crippen LogP contribution is -2.27. The molecular formula is C16H16F2N2O4S. The second-order valence-corrected chi connectivity index (χ2v) is 6.78. The number of carbonyl (C=O) groups is 1. The predicted octanol–water partition coefficient (Wildman–Crippen LogP) is 2.43. The van der Waals surface area contributed by atoms with Gasteiger partial charge in [-0.1, -0.05) is 18.2 Å². The molecule has 25 heavy (non-hydrogen) atoms. The molecule has 0 aliphatic carbocycles. The summed E-state index contributed by atoms with van der Waals surface area (Å²) < 4.78 is 51.5. The molecule has 6 nitrogen and oxygen atoms in total. The van der Waals surface area contributed by atoms with E-state index in [2.05, 4.69) is 10.1 Å². The lowest BCUT2D eigenvalue weighted by atomic mass is 10.1. The number of nitrogens with two attached hydrogens (primary N) is 1. The molecule has 2 aromatic carbocycles. The third-order valence-corrected chi connectivity index (χ3v) is 4.27. The lowest BCUT2D eigenvalue weighted by molar-refractivity contribution is -0.0498. The molecule has 1 atom stereocenters. The molecular weight excluding hydrogens is 354 g/mol. The summed E-state index contributed by atoms with van der Waals surface area (Å²) in [6.07, 6.45) is 0. The van der Waals surface area contributed by atoms with Gasteiger partial charge in [-0.3, -0.25) is 4.79 Å². The molecule has 0 aliphatic heterocycles. The SMILES string of the molecule is CC(NC(=O)c1cccc(OC(F)F)c1)c1cccc(S(N)(=O)=O)c1. The highest BCUT2D eigenvalue weighted by atomic mass is 32.2. The van der Waals surface area contributed by atoms with Crippen LogP contribution in [0.2, 0.25) is 0 Å². The van der Waals surface area contributed by atoms with E-state index in [1.807, 2.05) is 0 Å². The largest absolute Gasteiger partial charge is 0.435 e. The van der Waals surface area contributed by atoms with Gasteiger partial charge in [-0.25, -0.2) is 13.6 Å². The third kappa shape index (κ3) is 5.23. The number of benzene rings is 2. The average molecular weight is 370 g/mol. The van der Waals surface area contributed by atoms with Crippen LogP contribution >= 0.6 is 0 Å². The Kier molecular flexibility index (Phi) is 5.70. The van der Waals surface area contributed by atoms with E-state index in [-0.39, 0.29) is 16.2 Å². The second kappa shape index (κ2) is 7.58. The molecule has 0 spiro atoms. The van der Waals surface area contributed by atoms with Crippen LogP contribution in [0.3, 0.4) is 0 Å². The highest BCUT2D eigenvalue weighted by Crippen LogP contribution is 2.19. The molecule has 0 heterocycles. The molecule has 0 radical (unpaired) electrons. The Hall–Kier alpha value is -2.52. The molecule has 0 aliphatic rings. The van der Waals surface area contributed by atoms with Crippen LogP contribution in [0, 0.1) is 0 Å². The molecule has 1 unspecified atom stereocenters. The molecule has 2 rings (SSSR count). The molecule has 0 saturated carbocycles. The van der Waals surface area contributed by atoms with E-state index in [9.17, 15) is 22.0 Å². The van der Waals surface area contributed by atoms with Gasteiger partial charge in [-0.15, -0.1) is 0 Å². The molecule has 9 heteroatoms. The number of primary sulfonamides is 1. The van der Waals surface area contributed by atoms with Crippen LogP contribution in [-0.4, -0.2) is 20.9 Å². The number of halogens is 2. The molecule has 0 fully saturated rings. The number of hydrogen-bond donors (Lipinski definition) is 2. The van der Waals surface area contributed by atoms with Gasteiger partial charge < -0.3 is 10.1 Å². The molecule has 2 aromatic rings. The van der Waals surface area contributed by atoms with Crippen molar-refractivity contribution in [1.82, 2.24) is 5.32 Å². The van der Waals surface area contributed by atoms with Gasteiger partial charge in [-0.05, 0) is 42.8 Å². The van der Waals surface area contributed by atoms with Crippen molar-refractivity contribution in [1.29, 1.82) is 0 Å². The maximum atomic E-state index is 12.3. The van der Waals surface area contributed by atoms with E-state index in [0.29, 0.717) is 5.56 Å². The Morgan fingerprint density at radius 3 is 2.48 bits per heavy atom. The minimum atomic E-state index is -3.86. The number of nitrogens with one attached hydrogen (secondary N) is 1. The van der Waals surface area contributed by atoms with Gasteiger partial charge in [-0.2, -0.15) is 8.78 Å². The number of rotatable bonds is 6. The van der Waals surface area contributed by atoms with E-state index in [1.165, 1.54) is 42.5 Å². The van der Waals surface area contributed by atoms with E-state index in [4.69, 9.17) is 5.14 Å². The molecule has 3 N–H and O–H groups in total. The van der Waals surface area contributed by atoms with Gasteiger partial charge in [0.25, 0.3) is 5.91 Å². The number of sulfonamides is 1. The fourth-order valence-corrected chi connectivity index (χ4v) is 2.71. The fraction of sp³-hybridized carbons (Fsp3) is 0.188. The van der Waals surface area contributed by atoms with Crippen molar-refractivity contribution >= 4 is 15.9 Å². The van der Waals surface area contributed by atoms with E-state index >= 15 is 0 Å². The van der Waals surface area contributed by atoms with Crippen LogP contribution in [0.5, 0.6) is 5.75 Å². The zero-order valence-corrected chi connectivity index (χ0v) is 14.0. The Bertz CT molecular complexity index is 872. The Morgan fingerprint density at radius 2 is 1.84 bits per heavy atom. The van der Waals surface area contributed by atoms with Crippen LogP contribution in [0.25, 0.3) is 0 Å². The maximum Gasteiger partial charge on any atom is 0.387 e. The van der Waals surface area contributed by atoms with E-state index < -0.39 is 28.6 Å². The minimum Gasteiger partial charge on any atom is -0.435 e. The van der Waals surface area contributed by atoms with Crippen LogP contribution in [0.1, 0.15) is 28.9 Å². The standard InChI is InChI=1S/C16H16F2N2O4S/c1-10(11-4-3-7-14(9-11)25(19,22)23)20-15(21)12-5-2-6-13(8-12)24-16(17)18/h2-10,16H,1H3,(H,20,21)(H2,19,22,23). The first-order valence-electron chi connectivity index (χ1n) is 7.15. The minimum absolute atomic E-state index is 0.0709. The van der Waals surface area contributed by atoms with Crippen molar-refractivity contribution in [3.8, 4) is 5.75 Å². The zero-order valence-electron chi connectivity index (χ0n) is 13.1. The predicted molar refractivity (Wildman–Crippen MR) is 86.8 cm³/mol. The van der Waals surface area contributed by atoms with Crippen molar-refractivity contribution < 1.29 is 26.7 Å². The summed E-state index contributed by atoms with van der Waals surface area (Å²) in [5.74, 6) is -0.653. The molecule has 134 valence electrons. The first-order chi connectivity index (χ1) is 11.7. The van der Waals surface area contributed by atoms with Gasteiger partial charge in [0.1, 0.15) is 5.75 Å². The normalized spacial score (nSPS) is 12.7. The molecule has 1 amide bonds. The summed E-state index contributed by atoms with van der Waals surface area (Å²) in [7, 11) is -3.86. The van der Waals surface area contributed by atoms with Crippen molar-refractivity contribution in [3.05, 3.63) is 59.7 Å². The first-order valence-corrected chi connectivity index (χ1v) is 8.70. The van der Waals surface area contributed by atoms with Crippen LogP contribution in [0.15, 0.2) is 53.4 Å². The van der Waals surface area contributed by atoms with Crippen molar-refractivity contribution in [3.63, 3.8) is 0 Å². The highest BCUT2D eigenvalue weighted by Gasteiger charge is 2.15. The number of hydrogen-bond acceptors (Lipinski definition) is 4. The number of amides is 1. The van der Waals surface area contributed by atoms with E-state index in [0.717, 1.165) is 0 Å². The number of ether oxygens (including phenoxy) is 1. The summed E-state index contributed by atoms with van der Waals surface area (Å²) in [5.41, 5.74) is 0.660. The third-order valence-electron chi connectivity index (χ3n) is 3.36. The quantitative estimate of drug-likeness (QED) is 0.816. The van der Waals surface area contributed by atoms with Crippen molar-refractivity contribution in [2.24, 2.45) is 5.14 Å². The van der Waals surface area contributed by atoms with Gasteiger partial charge >= 0.3 is 6.61 Å². The van der Waals surface area contributed by atoms with Crippen LogP contribution in [0.4, 0.5) is 8.78 Å². The molecule has 0 bridgehead atoms. The summed E-state index contributed by atoms with van der Waals surface area (Å²) >= 11 is 0.